The molecule has 2 fully saturated rings. The molecule has 2 amide bonds. The molecule has 2 aliphatic heterocycles. The van der Waals surface area contributed by atoms with Crippen LogP contribution in [0.15, 0.2) is 18.2 Å². The molecule has 2 atom stereocenters. The normalized spacial score (nSPS) is 25.2. The molecule has 0 aromatic heterocycles. The van der Waals surface area contributed by atoms with Crippen molar-refractivity contribution in [1.82, 2.24) is 4.90 Å². The van der Waals surface area contributed by atoms with Crippen LogP contribution in [-0.4, -0.2) is 61.1 Å². The van der Waals surface area contributed by atoms with Gasteiger partial charge in [-0.25, -0.2) is 8.78 Å². The number of hydrogen-bond acceptors (Lipinski definition) is 4. The highest BCUT2D eigenvalue weighted by molar-refractivity contribution is 6.00. The molecule has 0 bridgehead atoms. The molecule has 2 aliphatic rings. The summed E-state index contributed by atoms with van der Waals surface area (Å²) in [5.74, 6) is -4.11. The highest BCUT2D eigenvalue weighted by Crippen LogP contribution is 2.34. The molecule has 1 aromatic rings. The molecule has 2 heterocycles. The topological polar surface area (TPSA) is 87.1 Å². The van der Waals surface area contributed by atoms with Gasteiger partial charge in [0.25, 0.3) is 0 Å². The lowest BCUT2D eigenvalue weighted by atomic mass is 9.80. The third-order valence-corrected chi connectivity index (χ3v) is 5.44. The largest absolute Gasteiger partial charge is 0.481 e. The number of hydrogen-bond donors (Lipinski definition) is 1. The zero-order valence-electron chi connectivity index (χ0n) is 15.5. The van der Waals surface area contributed by atoms with Gasteiger partial charge >= 0.3 is 5.97 Å². The summed E-state index contributed by atoms with van der Waals surface area (Å²) < 4.78 is 32.2. The van der Waals surface area contributed by atoms with Crippen molar-refractivity contribution in [2.24, 2.45) is 11.3 Å². The van der Waals surface area contributed by atoms with Crippen LogP contribution in [0.25, 0.3) is 0 Å². The first-order valence-corrected chi connectivity index (χ1v) is 9.04. The number of carboxylic acids is 1. The fraction of sp³-hybridized carbons (Fsp3) is 0.526. The molecule has 7 nitrogen and oxygen atoms in total. The smallest absolute Gasteiger partial charge is 0.313 e. The standard InChI is InChI=1S/C19H22F2N2O5/c1-28-11-19(18(26)27)5-2-6-22(10-19)17(25)12-7-16(24)23(9-12)15-4-3-13(20)8-14(15)21/h3-4,8,12H,2,5-7,9-11H2,1H3,(H,26,27). The summed E-state index contributed by atoms with van der Waals surface area (Å²) in [5.41, 5.74) is -1.24. The number of carbonyl (C=O) groups excluding carboxylic acids is 2. The number of rotatable bonds is 5. The number of benzene rings is 1. The van der Waals surface area contributed by atoms with Crippen LogP contribution in [0.2, 0.25) is 0 Å². The number of carboxylic acid groups (broad SMARTS) is 1. The lowest BCUT2D eigenvalue weighted by Crippen LogP contribution is -2.53. The van der Waals surface area contributed by atoms with E-state index in [1.165, 1.54) is 18.1 Å². The van der Waals surface area contributed by atoms with Gasteiger partial charge in [-0.15, -0.1) is 0 Å². The summed E-state index contributed by atoms with van der Waals surface area (Å²) in [7, 11) is 1.41. The molecule has 0 radical (unpaired) electrons. The molecule has 152 valence electrons. The van der Waals surface area contributed by atoms with E-state index in [1.807, 2.05) is 0 Å². The molecule has 3 rings (SSSR count). The molecule has 0 saturated carbocycles. The number of aliphatic carboxylic acids is 1. The van der Waals surface area contributed by atoms with Crippen LogP contribution in [0.1, 0.15) is 19.3 Å². The fourth-order valence-corrected chi connectivity index (χ4v) is 4.01. The Morgan fingerprint density at radius 2 is 2.11 bits per heavy atom. The molecule has 1 aromatic carbocycles. The second kappa shape index (κ2) is 7.83. The molecule has 2 saturated heterocycles. The third-order valence-electron chi connectivity index (χ3n) is 5.44. The first kappa shape index (κ1) is 20.2. The summed E-state index contributed by atoms with van der Waals surface area (Å²) in [6.07, 6.45) is 0.811. The number of piperidine rings is 1. The number of carbonyl (C=O) groups is 3. The number of likely N-dealkylation sites (tertiary alicyclic amines) is 1. The van der Waals surface area contributed by atoms with Gasteiger partial charge in [-0.2, -0.15) is 0 Å². The van der Waals surface area contributed by atoms with E-state index in [-0.39, 0.29) is 37.7 Å². The Bertz CT molecular complexity index is 799. The molecular formula is C19H22F2N2O5. The van der Waals surface area contributed by atoms with E-state index >= 15 is 0 Å². The van der Waals surface area contributed by atoms with Gasteiger partial charge in [0.05, 0.1) is 18.2 Å². The van der Waals surface area contributed by atoms with Gasteiger partial charge < -0.3 is 19.6 Å². The van der Waals surface area contributed by atoms with Crippen LogP contribution in [-0.2, 0) is 19.1 Å². The maximum absolute atomic E-state index is 14.0. The molecule has 28 heavy (non-hydrogen) atoms. The van der Waals surface area contributed by atoms with Gasteiger partial charge in [0.1, 0.15) is 17.0 Å². The third kappa shape index (κ3) is 3.71. The van der Waals surface area contributed by atoms with E-state index in [4.69, 9.17) is 4.74 Å². The zero-order valence-corrected chi connectivity index (χ0v) is 15.5. The molecule has 2 unspecified atom stereocenters. The maximum atomic E-state index is 14.0. The van der Waals surface area contributed by atoms with E-state index in [0.717, 1.165) is 11.0 Å². The minimum Gasteiger partial charge on any atom is -0.481 e. The van der Waals surface area contributed by atoms with Crippen LogP contribution < -0.4 is 4.90 Å². The Hall–Kier alpha value is -2.55. The van der Waals surface area contributed by atoms with Gasteiger partial charge in [-0.1, -0.05) is 0 Å². The van der Waals surface area contributed by atoms with Crippen molar-refractivity contribution < 1.29 is 33.0 Å². The number of amides is 2. The Labute approximate surface area is 160 Å². The maximum Gasteiger partial charge on any atom is 0.313 e. The molecule has 0 spiro atoms. The van der Waals surface area contributed by atoms with Gasteiger partial charge in [0, 0.05) is 39.2 Å². The van der Waals surface area contributed by atoms with Crippen molar-refractivity contribution in [1.29, 1.82) is 0 Å². The average molecular weight is 396 g/mol. The van der Waals surface area contributed by atoms with Gasteiger partial charge in [-0.05, 0) is 25.0 Å². The second-order valence-corrected chi connectivity index (χ2v) is 7.38. The Balaban J connectivity index is 1.74. The summed E-state index contributed by atoms with van der Waals surface area (Å²) in [6.45, 7) is 0.363. The van der Waals surface area contributed by atoms with Crippen LogP contribution in [0, 0.1) is 23.0 Å². The van der Waals surface area contributed by atoms with Gasteiger partial charge in [-0.3, -0.25) is 14.4 Å². The summed E-state index contributed by atoms with van der Waals surface area (Å²) in [4.78, 5) is 39.6. The quantitative estimate of drug-likeness (QED) is 0.818. The van der Waals surface area contributed by atoms with E-state index in [2.05, 4.69) is 0 Å². The Morgan fingerprint density at radius 1 is 1.36 bits per heavy atom. The predicted octanol–water partition coefficient (Wildman–Crippen LogP) is 1.66. The summed E-state index contributed by atoms with van der Waals surface area (Å²) in [6, 6.07) is 2.91. The van der Waals surface area contributed by atoms with Gasteiger partial charge in [0.15, 0.2) is 0 Å². The van der Waals surface area contributed by atoms with Crippen LogP contribution >= 0.6 is 0 Å². The fourth-order valence-electron chi connectivity index (χ4n) is 4.01. The first-order valence-electron chi connectivity index (χ1n) is 9.04. The van der Waals surface area contributed by atoms with Crippen molar-refractivity contribution >= 4 is 23.5 Å². The molecule has 9 heteroatoms. The van der Waals surface area contributed by atoms with Crippen molar-refractivity contribution in [3.05, 3.63) is 29.8 Å². The molecular weight excluding hydrogens is 374 g/mol. The van der Waals surface area contributed by atoms with E-state index in [1.54, 1.807) is 0 Å². The minimum atomic E-state index is -1.17. The Kier molecular flexibility index (Phi) is 5.64. The van der Waals surface area contributed by atoms with Crippen molar-refractivity contribution in [2.45, 2.75) is 19.3 Å². The average Bonchev–Trinajstić information content (AvgIpc) is 3.03. The SMILES string of the molecule is COCC1(C(=O)O)CCCN(C(=O)C2CC(=O)N(c3ccc(F)cc3F)C2)C1. The number of anilines is 1. The summed E-state index contributed by atoms with van der Waals surface area (Å²) >= 11 is 0. The van der Waals surface area contributed by atoms with Crippen LogP contribution in [0.4, 0.5) is 14.5 Å². The lowest BCUT2D eigenvalue weighted by molar-refractivity contribution is -0.160. The highest BCUT2D eigenvalue weighted by atomic mass is 19.1. The number of nitrogens with zero attached hydrogens (tertiary/aromatic N) is 2. The van der Waals surface area contributed by atoms with Crippen LogP contribution in [0.3, 0.4) is 0 Å². The minimum absolute atomic E-state index is 0.00457. The van der Waals surface area contributed by atoms with Crippen molar-refractivity contribution in [3.63, 3.8) is 0 Å². The molecule has 1 N–H and O–H groups in total. The van der Waals surface area contributed by atoms with E-state index < -0.39 is 34.8 Å². The number of halogens is 2. The molecule has 0 aliphatic carbocycles. The van der Waals surface area contributed by atoms with E-state index in [0.29, 0.717) is 25.5 Å². The lowest BCUT2D eigenvalue weighted by Gasteiger charge is -2.40. The predicted molar refractivity (Wildman–Crippen MR) is 94.6 cm³/mol. The van der Waals surface area contributed by atoms with Crippen molar-refractivity contribution in [3.8, 4) is 0 Å². The number of ether oxygens (including phenoxy) is 1. The zero-order chi connectivity index (χ0) is 20.5. The van der Waals surface area contributed by atoms with Crippen LogP contribution in [0.5, 0.6) is 0 Å². The number of methoxy groups -OCH3 is 1. The summed E-state index contributed by atoms with van der Waals surface area (Å²) in [5, 5.41) is 9.62. The second-order valence-electron chi connectivity index (χ2n) is 7.38. The monoisotopic (exact) mass is 396 g/mol. The Morgan fingerprint density at radius 3 is 2.75 bits per heavy atom. The van der Waals surface area contributed by atoms with Gasteiger partial charge in [0.2, 0.25) is 11.8 Å². The highest BCUT2D eigenvalue weighted by Gasteiger charge is 2.46. The van der Waals surface area contributed by atoms with E-state index in [9.17, 15) is 28.3 Å². The van der Waals surface area contributed by atoms with Crippen molar-refractivity contribution in [2.75, 3.05) is 38.3 Å². The first-order chi connectivity index (χ1) is 13.3.